The van der Waals surface area contributed by atoms with Gasteiger partial charge in [-0.3, -0.25) is 0 Å². The summed E-state index contributed by atoms with van der Waals surface area (Å²) in [5, 5.41) is 2.93. The average molecular weight is 253 g/mol. The van der Waals surface area contributed by atoms with Gasteiger partial charge in [0.1, 0.15) is 0 Å². The fourth-order valence-corrected chi connectivity index (χ4v) is 1.81. The summed E-state index contributed by atoms with van der Waals surface area (Å²) in [6, 6.07) is 0.788. The fourth-order valence-electron chi connectivity index (χ4n) is 1.81. The zero-order valence-corrected chi connectivity index (χ0v) is 11.9. The number of nitrogens with zero attached hydrogens (tertiary/aromatic N) is 4. The first-order valence-corrected chi connectivity index (χ1v) is 6.45. The highest BCUT2D eigenvalue weighted by molar-refractivity contribution is 5.38. The van der Waals surface area contributed by atoms with Gasteiger partial charge in [0.2, 0.25) is 11.9 Å². The Kier molecular flexibility index (Phi) is 5.61. The lowest BCUT2D eigenvalue weighted by Crippen LogP contribution is -2.32. The molecule has 0 saturated heterocycles. The third-order valence-electron chi connectivity index (χ3n) is 2.91. The number of nitrogens with one attached hydrogen (secondary N) is 1. The van der Waals surface area contributed by atoms with E-state index in [-0.39, 0.29) is 0 Å². The number of ether oxygens (including phenoxy) is 1. The van der Waals surface area contributed by atoms with Crippen molar-refractivity contribution in [3.05, 3.63) is 0 Å². The Labute approximate surface area is 109 Å². The second-order valence-electron chi connectivity index (χ2n) is 4.01. The van der Waals surface area contributed by atoms with Crippen LogP contribution in [0.15, 0.2) is 0 Å². The van der Waals surface area contributed by atoms with Crippen molar-refractivity contribution in [2.45, 2.75) is 39.7 Å². The number of hydrogen-bond donors (Lipinski definition) is 1. The summed E-state index contributed by atoms with van der Waals surface area (Å²) in [4.78, 5) is 14.9. The molecule has 0 spiro atoms. The van der Waals surface area contributed by atoms with Crippen LogP contribution >= 0.6 is 0 Å². The van der Waals surface area contributed by atoms with Crippen molar-refractivity contribution < 1.29 is 4.74 Å². The second kappa shape index (κ2) is 6.98. The first-order chi connectivity index (χ1) is 8.65. The molecule has 18 heavy (non-hydrogen) atoms. The van der Waals surface area contributed by atoms with Crippen LogP contribution in [0.1, 0.15) is 33.6 Å². The van der Waals surface area contributed by atoms with E-state index in [0.29, 0.717) is 30.6 Å². The van der Waals surface area contributed by atoms with Crippen LogP contribution in [0.4, 0.5) is 11.9 Å². The summed E-state index contributed by atoms with van der Waals surface area (Å²) in [6.45, 7) is 6.77. The van der Waals surface area contributed by atoms with Crippen LogP contribution in [0, 0.1) is 0 Å². The van der Waals surface area contributed by atoms with Gasteiger partial charge >= 0.3 is 6.01 Å². The Bertz CT molecular complexity index is 367. The normalized spacial score (nSPS) is 10.6. The number of anilines is 2. The molecule has 0 radical (unpaired) electrons. The molecule has 0 unspecified atom stereocenters. The van der Waals surface area contributed by atoms with Gasteiger partial charge in [-0.2, -0.15) is 15.0 Å². The first-order valence-electron chi connectivity index (χ1n) is 6.45. The lowest BCUT2D eigenvalue weighted by atomic mass is 10.1. The maximum absolute atomic E-state index is 5.36. The van der Waals surface area contributed by atoms with E-state index in [2.05, 4.69) is 39.0 Å². The van der Waals surface area contributed by atoms with Gasteiger partial charge in [0, 0.05) is 20.1 Å². The van der Waals surface area contributed by atoms with Crippen molar-refractivity contribution in [3.8, 4) is 6.01 Å². The molecule has 1 aromatic heterocycles. The largest absolute Gasteiger partial charge is 0.464 e. The summed E-state index contributed by atoms with van der Waals surface area (Å²) in [7, 11) is 3.79. The highest BCUT2D eigenvalue weighted by atomic mass is 16.5. The van der Waals surface area contributed by atoms with Crippen molar-refractivity contribution >= 4 is 11.9 Å². The molecule has 0 saturated carbocycles. The average Bonchev–Trinajstić information content (AvgIpc) is 2.40. The second-order valence-corrected chi connectivity index (χ2v) is 4.01. The molecule has 0 aliphatic carbocycles. The van der Waals surface area contributed by atoms with E-state index in [1.807, 2.05) is 14.0 Å². The third kappa shape index (κ3) is 3.45. The molecule has 0 aliphatic rings. The summed E-state index contributed by atoms with van der Waals surface area (Å²) in [5.41, 5.74) is 0. The highest BCUT2D eigenvalue weighted by Gasteiger charge is 2.16. The van der Waals surface area contributed by atoms with Crippen molar-refractivity contribution in [1.29, 1.82) is 0 Å². The fraction of sp³-hybridized carbons (Fsp3) is 0.750. The Morgan fingerprint density at radius 2 is 1.83 bits per heavy atom. The molecule has 1 heterocycles. The summed E-state index contributed by atoms with van der Waals surface area (Å²) in [6.07, 6.45) is 2.11. The molecular weight excluding hydrogens is 230 g/mol. The Balaban J connectivity index is 3.02. The maximum Gasteiger partial charge on any atom is 0.323 e. The molecule has 1 aromatic rings. The zero-order valence-electron chi connectivity index (χ0n) is 11.9. The van der Waals surface area contributed by atoms with Gasteiger partial charge in [0.25, 0.3) is 0 Å². The van der Waals surface area contributed by atoms with Crippen LogP contribution < -0.4 is 15.0 Å². The molecule has 1 N–H and O–H groups in total. The van der Waals surface area contributed by atoms with Crippen molar-refractivity contribution in [2.24, 2.45) is 0 Å². The van der Waals surface area contributed by atoms with E-state index in [9.17, 15) is 0 Å². The van der Waals surface area contributed by atoms with Crippen LogP contribution in [-0.2, 0) is 0 Å². The number of hydrogen-bond acceptors (Lipinski definition) is 6. The predicted octanol–water partition coefficient (Wildman–Crippen LogP) is 1.94. The smallest absolute Gasteiger partial charge is 0.323 e. The van der Waals surface area contributed by atoms with E-state index < -0.39 is 0 Å². The van der Waals surface area contributed by atoms with Gasteiger partial charge in [0.05, 0.1) is 6.61 Å². The van der Waals surface area contributed by atoms with E-state index >= 15 is 0 Å². The van der Waals surface area contributed by atoms with Crippen LogP contribution in [0.25, 0.3) is 0 Å². The van der Waals surface area contributed by atoms with Crippen LogP contribution in [-0.4, -0.2) is 41.7 Å². The molecule has 0 fully saturated rings. The van der Waals surface area contributed by atoms with Gasteiger partial charge in [-0.05, 0) is 19.8 Å². The van der Waals surface area contributed by atoms with Crippen molar-refractivity contribution in [1.82, 2.24) is 15.0 Å². The molecule has 0 atom stereocenters. The standard InChI is InChI=1S/C12H23N5O/c1-6-9(7-2)17(5)11-14-10(13-4)15-12(16-11)18-8-3/h9H,6-8H2,1-5H3,(H,13,14,15,16). The van der Waals surface area contributed by atoms with Gasteiger partial charge in [-0.15, -0.1) is 0 Å². The van der Waals surface area contributed by atoms with Crippen LogP contribution in [0.2, 0.25) is 0 Å². The van der Waals surface area contributed by atoms with Gasteiger partial charge in [0.15, 0.2) is 0 Å². The van der Waals surface area contributed by atoms with Crippen molar-refractivity contribution in [3.63, 3.8) is 0 Å². The molecule has 6 nitrogen and oxygen atoms in total. The lowest BCUT2D eigenvalue weighted by molar-refractivity contribution is 0.311. The quantitative estimate of drug-likeness (QED) is 0.801. The Morgan fingerprint density at radius 3 is 2.33 bits per heavy atom. The minimum Gasteiger partial charge on any atom is -0.464 e. The maximum atomic E-state index is 5.36. The first kappa shape index (κ1) is 14.5. The SMILES string of the molecule is CCOc1nc(NC)nc(N(C)C(CC)CC)n1. The molecule has 6 heteroatoms. The van der Waals surface area contributed by atoms with Gasteiger partial charge in [-0.25, -0.2) is 0 Å². The third-order valence-corrected chi connectivity index (χ3v) is 2.91. The van der Waals surface area contributed by atoms with E-state index in [4.69, 9.17) is 4.74 Å². The molecule has 102 valence electrons. The molecule has 0 aliphatic heterocycles. The van der Waals surface area contributed by atoms with E-state index in [1.165, 1.54) is 0 Å². The van der Waals surface area contributed by atoms with E-state index in [1.54, 1.807) is 7.05 Å². The summed E-state index contributed by atoms with van der Waals surface area (Å²) >= 11 is 0. The number of rotatable bonds is 7. The van der Waals surface area contributed by atoms with Crippen molar-refractivity contribution in [2.75, 3.05) is 30.9 Å². The topological polar surface area (TPSA) is 63.2 Å². The van der Waals surface area contributed by atoms with Crippen LogP contribution in [0.3, 0.4) is 0 Å². The minimum atomic E-state index is 0.365. The molecular formula is C12H23N5O. The lowest BCUT2D eigenvalue weighted by Gasteiger charge is -2.26. The predicted molar refractivity (Wildman–Crippen MR) is 73.3 cm³/mol. The monoisotopic (exact) mass is 253 g/mol. The molecule has 0 aromatic carbocycles. The highest BCUT2D eigenvalue weighted by Crippen LogP contribution is 2.18. The minimum absolute atomic E-state index is 0.365. The van der Waals surface area contributed by atoms with Gasteiger partial charge in [-0.1, -0.05) is 13.8 Å². The Morgan fingerprint density at radius 1 is 1.17 bits per heavy atom. The van der Waals surface area contributed by atoms with Gasteiger partial charge < -0.3 is 15.0 Å². The molecule has 1 rings (SSSR count). The summed E-state index contributed by atoms with van der Waals surface area (Å²) < 4.78 is 5.36. The van der Waals surface area contributed by atoms with Crippen LogP contribution in [0.5, 0.6) is 6.01 Å². The zero-order chi connectivity index (χ0) is 13.5. The molecule has 0 bridgehead atoms. The van der Waals surface area contributed by atoms with E-state index in [0.717, 1.165) is 12.8 Å². The molecule has 0 amide bonds. The Hall–Kier alpha value is -1.59. The number of aromatic nitrogens is 3. The summed E-state index contributed by atoms with van der Waals surface area (Å²) in [5.74, 6) is 1.17.